The fourth-order valence-electron chi connectivity index (χ4n) is 3.34. The molecule has 3 rings (SSSR count). The van der Waals surface area contributed by atoms with E-state index in [1.807, 2.05) is 16.8 Å². The molecule has 142 valence electrons. The summed E-state index contributed by atoms with van der Waals surface area (Å²) in [6.45, 7) is 9.42. The van der Waals surface area contributed by atoms with Crippen LogP contribution in [-0.2, 0) is 6.54 Å². The van der Waals surface area contributed by atoms with Gasteiger partial charge in [-0.25, -0.2) is 4.68 Å². The van der Waals surface area contributed by atoms with Crippen molar-refractivity contribution in [3.05, 3.63) is 35.7 Å². The summed E-state index contributed by atoms with van der Waals surface area (Å²) in [7, 11) is 3.87. The first-order chi connectivity index (χ1) is 12.6. The predicted octanol–water partition coefficient (Wildman–Crippen LogP) is 2.06. The molecule has 7 heteroatoms. The molecule has 1 aliphatic rings. The Hall–Kier alpha value is -1.99. The largest absolute Gasteiger partial charge is 0.497 e. The van der Waals surface area contributed by atoms with Crippen LogP contribution in [0.5, 0.6) is 5.75 Å². The van der Waals surface area contributed by atoms with Crippen molar-refractivity contribution < 1.29 is 4.74 Å². The van der Waals surface area contributed by atoms with Crippen molar-refractivity contribution in [1.82, 2.24) is 30.0 Å². The van der Waals surface area contributed by atoms with E-state index < -0.39 is 0 Å². The lowest BCUT2D eigenvalue weighted by Crippen LogP contribution is -2.46. The molecule has 1 aromatic heterocycles. The number of hydrogen-bond donors (Lipinski definition) is 0. The Labute approximate surface area is 155 Å². The number of nitrogens with zero attached hydrogens (tertiary/aromatic N) is 6. The van der Waals surface area contributed by atoms with Crippen LogP contribution in [0.25, 0.3) is 0 Å². The summed E-state index contributed by atoms with van der Waals surface area (Å²) in [6, 6.07) is 8.35. The third-order valence-electron chi connectivity index (χ3n) is 5.06. The van der Waals surface area contributed by atoms with Crippen LogP contribution in [0.1, 0.15) is 37.7 Å². The van der Waals surface area contributed by atoms with Crippen LogP contribution < -0.4 is 4.74 Å². The van der Waals surface area contributed by atoms with E-state index in [1.54, 1.807) is 7.11 Å². The molecule has 7 nitrogen and oxygen atoms in total. The molecule has 0 amide bonds. The van der Waals surface area contributed by atoms with Gasteiger partial charge in [-0.2, -0.15) is 0 Å². The topological polar surface area (TPSA) is 59.3 Å². The summed E-state index contributed by atoms with van der Waals surface area (Å²) in [5, 5.41) is 12.7. The molecule has 26 heavy (non-hydrogen) atoms. The first-order valence-electron chi connectivity index (χ1n) is 9.41. The van der Waals surface area contributed by atoms with Crippen LogP contribution in [0.15, 0.2) is 24.3 Å². The zero-order chi connectivity index (χ0) is 18.5. The second kappa shape index (κ2) is 8.60. The number of methoxy groups -OCH3 is 1. The molecule has 2 aromatic rings. The SMILES string of the molecule is COc1ccc([C@H](c2nnnn2CCC(C)C)N2CCN(C)CC2)cc1. The van der Waals surface area contributed by atoms with Crippen LogP contribution in [0, 0.1) is 5.92 Å². The Morgan fingerprint density at radius 1 is 1.08 bits per heavy atom. The number of likely N-dealkylation sites (N-methyl/N-ethyl adjacent to an activating group) is 1. The van der Waals surface area contributed by atoms with E-state index in [0.29, 0.717) is 5.92 Å². The molecule has 1 aromatic carbocycles. The van der Waals surface area contributed by atoms with E-state index >= 15 is 0 Å². The highest BCUT2D eigenvalue weighted by molar-refractivity contribution is 5.32. The average molecular weight is 358 g/mol. The first kappa shape index (κ1) is 18.8. The van der Waals surface area contributed by atoms with Gasteiger partial charge in [0.2, 0.25) is 0 Å². The van der Waals surface area contributed by atoms with Crippen LogP contribution in [0.2, 0.25) is 0 Å². The van der Waals surface area contributed by atoms with Gasteiger partial charge in [-0.1, -0.05) is 26.0 Å². The van der Waals surface area contributed by atoms with Crippen molar-refractivity contribution in [2.75, 3.05) is 40.3 Å². The number of hydrogen-bond acceptors (Lipinski definition) is 6. The summed E-state index contributed by atoms with van der Waals surface area (Å²) >= 11 is 0. The van der Waals surface area contributed by atoms with Gasteiger partial charge in [0.15, 0.2) is 5.82 Å². The fraction of sp³-hybridized carbons (Fsp3) is 0.632. The van der Waals surface area contributed by atoms with Gasteiger partial charge in [0.05, 0.1) is 13.2 Å². The highest BCUT2D eigenvalue weighted by Gasteiger charge is 2.29. The Bertz CT molecular complexity index is 676. The smallest absolute Gasteiger partial charge is 0.173 e. The van der Waals surface area contributed by atoms with Gasteiger partial charge >= 0.3 is 0 Å². The maximum Gasteiger partial charge on any atom is 0.173 e. The van der Waals surface area contributed by atoms with Gasteiger partial charge in [-0.05, 0) is 47.5 Å². The van der Waals surface area contributed by atoms with Crippen molar-refractivity contribution in [1.29, 1.82) is 0 Å². The minimum absolute atomic E-state index is 0.0665. The molecule has 1 atom stereocenters. The number of rotatable bonds is 7. The van der Waals surface area contributed by atoms with Crippen molar-refractivity contribution in [3.8, 4) is 5.75 Å². The number of ether oxygens (including phenoxy) is 1. The van der Waals surface area contributed by atoms with Crippen molar-refractivity contribution in [2.45, 2.75) is 32.9 Å². The van der Waals surface area contributed by atoms with E-state index in [-0.39, 0.29) is 6.04 Å². The summed E-state index contributed by atoms with van der Waals surface area (Å²) in [4.78, 5) is 4.85. The van der Waals surface area contributed by atoms with E-state index in [1.165, 1.54) is 5.56 Å². The lowest BCUT2D eigenvalue weighted by atomic mass is 10.0. The van der Waals surface area contributed by atoms with Crippen molar-refractivity contribution >= 4 is 0 Å². The van der Waals surface area contributed by atoms with Gasteiger partial charge in [-0.3, -0.25) is 4.90 Å². The van der Waals surface area contributed by atoms with Crippen LogP contribution >= 0.6 is 0 Å². The summed E-state index contributed by atoms with van der Waals surface area (Å²) < 4.78 is 7.30. The summed E-state index contributed by atoms with van der Waals surface area (Å²) in [6.07, 6.45) is 1.07. The summed E-state index contributed by atoms with van der Waals surface area (Å²) in [5.74, 6) is 2.42. The first-order valence-corrected chi connectivity index (χ1v) is 9.41. The molecule has 0 bridgehead atoms. The minimum Gasteiger partial charge on any atom is -0.497 e. The minimum atomic E-state index is 0.0665. The second-order valence-electron chi connectivity index (χ2n) is 7.46. The Morgan fingerprint density at radius 2 is 1.77 bits per heavy atom. The Kier molecular flexibility index (Phi) is 6.21. The van der Waals surface area contributed by atoms with Crippen molar-refractivity contribution in [2.24, 2.45) is 5.92 Å². The normalized spacial score (nSPS) is 17.6. The molecule has 0 N–H and O–H groups in total. The molecule has 0 aliphatic carbocycles. The van der Waals surface area contributed by atoms with Gasteiger partial charge < -0.3 is 9.64 Å². The molecular weight excluding hydrogens is 328 g/mol. The second-order valence-corrected chi connectivity index (χ2v) is 7.46. The van der Waals surface area contributed by atoms with Crippen molar-refractivity contribution in [3.63, 3.8) is 0 Å². The van der Waals surface area contributed by atoms with E-state index in [2.05, 4.69) is 58.4 Å². The predicted molar refractivity (Wildman–Crippen MR) is 101 cm³/mol. The number of aromatic nitrogens is 4. The monoisotopic (exact) mass is 358 g/mol. The molecular formula is C19H30N6O. The molecule has 0 radical (unpaired) electrons. The number of piperazine rings is 1. The Balaban J connectivity index is 1.91. The molecule has 1 saturated heterocycles. The van der Waals surface area contributed by atoms with E-state index in [0.717, 1.165) is 50.7 Å². The molecule has 2 heterocycles. The van der Waals surface area contributed by atoms with Crippen LogP contribution in [0.4, 0.5) is 0 Å². The average Bonchev–Trinajstić information content (AvgIpc) is 3.10. The van der Waals surface area contributed by atoms with Gasteiger partial charge in [0, 0.05) is 32.7 Å². The standard InChI is InChI=1S/C19H30N6O/c1-15(2)9-10-25-19(20-21-22-25)18(24-13-11-23(3)12-14-24)16-5-7-17(26-4)8-6-16/h5-8,15,18H,9-14H2,1-4H3/t18-/m1/s1. The van der Waals surface area contributed by atoms with Gasteiger partial charge in [0.1, 0.15) is 5.75 Å². The third-order valence-corrected chi connectivity index (χ3v) is 5.06. The molecule has 1 aliphatic heterocycles. The van der Waals surface area contributed by atoms with E-state index in [4.69, 9.17) is 4.74 Å². The number of aryl methyl sites for hydroxylation is 1. The third kappa shape index (κ3) is 4.40. The quantitative estimate of drug-likeness (QED) is 0.755. The van der Waals surface area contributed by atoms with Crippen LogP contribution in [-0.4, -0.2) is 70.3 Å². The maximum absolute atomic E-state index is 5.32. The zero-order valence-electron chi connectivity index (χ0n) is 16.3. The molecule has 0 unspecified atom stereocenters. The highest BCUT2D eigenvalue weighted by Crippen LogP contribution is 2.29. The number of benzene rings is 1. The Morgan fingerprint density at radius 3 is 2.38 bits per heavy atom. The van der Waals surface area contributed by atoms with E-state index in [9.17, 15) is 0 Å². The zero-order valence-corrected chi connectivity index (χ0v) is 16.3. The summed E-state index contributed by atoms with van der Waals surface area (Å²) in [5.41, 5.74) is 1.20. The number of tetrazole rings is 1. The van der Waals surface area contributed by atoms with Gasteiger partial charge in [0.25, 0.3) is 0 Å². The lowest BCUT2D eigenvalue weighted by molar-refractivity contribution is 0.121. The molecule has 0 saturated carbocycles. The molecule has 1 fully saturated rings. The lowest BCUT2D eigenvalue weighted by Gasteiger charge is -2.37. The van der Waals surface area contributed by atoms with Crippen LogP contribution in [0.3, 0.4) is 0 Å². The van der Waals surface area contributed by atoms with Gasteiger partial charge in [-0.15, -0.1) is 5.10 Å². The molecule has 0 spiro atoms. The fourth-order valence-corrected chi connectivity index (χ4v) is 3.34. The maximum atomic E-state index is 5.32. The highest BCUT2D eigenvalue weighted by atomic mass is 16.5.